The zero-order chi connectivity index (χ0) is 41.3. The monoisotopic (exact) mass is 819 g/mol. The largest absolute Gasteiger partial charge is 0.384 e. The van der Waals surface area contributed by atoms with Gasteiger partial charge >= 0.3 is 0 Å². The highest BCUT2D eigenvalue weighted by atomic mass is 35.5. The Bertz CT molecular complexity index is 2410. The fourth-order valence-electron chi connectivity index (χ4n) is 8.17. The van der Waals surface area contributed by atoms with Crippen LogP contribution in [0.2, 0.25) is 5.02 Å². The summed E-state index contributed by atoms with van der Waals surface area (Å²) in [6.07, 6.45) is 6.22. The summed E-state index contributed by atoms with van der Waals surface area (Å²) in [5.41, 5.74) is 3.20. The number of aromatic nitrogens is 5. The van der Waals surface area contributed by atoms with Gasteiger partial charge in [-0.1, -0.05) is 23.7 Å². The Morgan fingerprint density at radius 3 is 2.37 bits per heavy atom. The van der Waals surface area contributed by atoms with E-state index in [1.54, 1.807) is 42.8 Å². The molecule has 15 nitrogen and oxygen atoms in total. The Hall–Kier alpha value is -5.77. The summed E-state index contributed by atoms with van der Waals surface area (Å²) in [5.74, 6) is 0.900. The quantitative estimate of drug-likeness (QED) is 0.0981. The van der Waals surface area contributed by atoms with Crippen LogP contribution in [0.15, 0.2) is 84.3 Å². The van der Waals surface area contributed by atoms with Gasteiger partial charge in [-0.15, -0.1) is 6.58 Å². The minimum absolute atomic E-state index is 0.232. The molecule has 0 saturated carbocycles. The molecule has 3 aliphatic rings. The molecule has 5 aromatic rings. The van der Waals surface area contributed by atoms with Crippen molar-refractivity contribution in [3.63, 3.8) is 0 Å². The summed E-state index contributed by atoms with van der Waals surface area (Å²) >= 11 is 6.73. The van der Waals surface area contributed by atoms with Gasteiger partial charge in [-0.25, -0.2) is 19.3 Å². The fraction of sp³-hybridized carbons (Fsp3) is 0.395. The second-order valence-corrected chi connectivity index (χ2v) is 16.5. The molecule has 3 aliphatic heterocycles. The lowest BCUT2D eigenvalue weighted by Gasteiger charge is -2.40. The number of carbonyl (C=O) groups is 2. The van der Waals surface area contributed by atoms with Gasteiger partial charge < -0.3 is 25.5 Å². The van der Waals surface area contributed by atoms with Crippen LogP contribution in [0.4, 0.5) is 28.7 Å². The number of fused-ring (bicyclic) bond motifs is 1. The van der Waals surface area contributed by atoms with Crippen LogP contribution in [-0.2, 0) is 21.7 Å². The zero-order valence-electron chi connectivity index (χ0n) is 33.4. The number of carbonyl (C=O) groups excluding carboxylic acids is 2. The highest BCUT2D eigenvalue weighted by molar-refractivity contribution is 6.33. The van der Waals surface area contributed by atoms with Crippen molar-refractivity contribution in [1.82, 2.24) is 34.5 Å². The lowest BCUT2D eigenvalue weighted by Crippen LogP contribution is -2.49. The van der Waals surface area contributed by atoms with E-state index in [1.165, 1.54) is 16.6 Å². The maximum Gasteiger partial charge on any atom is 0.278 e. The van der Waals surface area contributed by atoms with Gasteiger partial charge in [-0.05, 0) is 93.6 Å². The topological polar surface area (TPSA) is 166 Å². The predicted molar refractivity (Wildman–Crippen MR) is 231 cm³/mol. The molecule has 0 spiro atoms. The number of aliphatic hydroxyl groups is 1. The van der Waals surface area contributed by atoms with E-state index in [0.29, 0.717) is 52.3 Å². The number of hydrogen-bond donors (Lipinski definition) is 4. The van der Waals surface area contributed by atoms with Gasteiger partial charge in [0.25, 0.3) is 5.56 Å². The number of anilines is 5. The number of pyridine rings is 1. The molecule has 3 aromatic heterocycles. The van der Waals surface area contributed by atoms with E-state index in [1.807, 2.05) is 30.3 Å². The van der Waals surface area contributed by atoms with Crippen LogP contribution < -0.4 is 31.3 Å². The first-order valence-corrected chi connectivity index (χ1v) is 20.6. The number of allylic oxidation sites excluding steroid dienone is 1. The van der Waals surface area contributed by atoms with Crippen LogP contribution in [-0.4, -0.2) is 98.0 Å². The van der Waals surface area contributed by atoms with Crippen molar-refractivity contribution in [3.8, 4) is 5.82 Å². The first-order valence-electron chi connectivity index (χ1n) is 20.2. The first kappa shape index (κ1) is 40.0. The van der Waals surface area contributed by atoms with E-state index in [-0.39, 0.29) is 23.9 Å². The van der Waals surface area contributed by atoms with Crippen molar-refractivity contribution in [3.05, 3.63) is 101 Å². The molecule has 0 radical (unpaired) electrons. The molecule has 16 heteroatoms. The van der Waals surface area contributed by atoms with Crippen LogP contribution in [0, 0.1) is 5.92 Å². The Balaban J connectivity index is 0.838. The number of amides is 2. The molecule has 308 valence electrons. The zero-order valence-corrected chi connectivity index (χ0v) is 34.2. The summed E-state index contributed by atoms with van der Waals surface area (Å²) in [6.45, 7) is 14.2. The fourth-order valence-corrected chi connectivity index (χ4v) is 8.47. The van der Waals surface area contributed by atoms with Crippen molar-refractivity contribution in [2.24, 2.45) is 5.92 Å². The van der Waals surface area contributed by atoms with Crippen molar-refractivity contribution in [1.29, 1.82) is 0 Å². The molecule has 2 aromatic carbocycles. The molecule has 3 saturated heterocycles. The van der Waals surface area contributed by atoms with Gasteiger partial charge in [0.05, 0.1) is 22.9 Å². The van der Waals surface area contributed by atoms with E-state index < -0.39 is 11.6 Å². The molecule has 3 fully saturated rings. The molecule has 2 amide bonds. The highest BCUT2D eigenvalue weighted by Crippen LogP contribution is 2.32. The van der Waals surface area contributed by atoms with Crippen molar-refractivity contribution < 1.29 is 14.7 Å². The van der Waals surface area contributed by atoms with Crippen molar-refractivity contribution in [2.45, 2.75) is 57.7 Å². The second kappa shape index (κ2) is 16.8. The van der Waals surface area contributed by atoms with Gasteiger partial charge in [-0.3, -0.25) is 24.6 Å². The molecule has 0 aliphatic carbocycles. The summed E-state index contributed by atoms with van der Waals surface area (Å²) in [4.78, 5) is 58.3. The Kier molecular flexibility index (Phi) is 11.4. The van der Waals surface area contributed by atoms with Crippen LogP contribution >= 0.6 is 11.6 Å². The van der Waals surface area contributed by atoms with Crippen LogP contribution in [0.1, 0.15) is 45.2 Å². The number of piperidine rings is 2. The predicted octanol–water partition coefficient (Wildman–Crippen LogP) is 5.04. The Morgan fingerprint density at radius 2 is 1.68 bits per heavy atom. The third-order valence-corrected chi connectivity index (χ3v) is 11.7. The standard InChI is InChI=1S/C43H50ClN11O4/c1-4-18-54-41(58)32-26-45-42(50-39(32)55(54)37-7-5-6-36(48-37)43(2,3)59)47-29-8-11-31(12-9-29)52-19-16-28(17-20-52)27-51-21-23-53(24-22-51)35-14-10-30(25-33(35)44)46-34-13-15-38(56)49-40(34)57/h4-12,14,25-26,28,34,46,59H,1,13,15-24,27H2,2-3H3,(H,45,47,50)(H,49,56,57). The SMILES string of the molecule is C=CCn1c(=O)c2cnc(Nc3ccc(N4CCC(CN5CCN(c6ccc(NC7CCC(=O)NC7=O)cc6Cl)CC5)CC4)cc3)nc2n1-c1cccc(C(C)(C)O)n1. The summed E-state index contributed by atoms with van der Waals surface area (Å²) in [7, 11) is 0. The van der Waals surface area contributed by atoms with Crippen molar-refractivity contribution in [2.75, 3.05) is 66.2 Å². The molecular weight excluding hydrogens is 770 g/mol. The van der Waals surface area contributed by atoms with E-state index in [9.17, 15) is 19.5 Å². The summed E-state index contributed by atoms with van der Waals surface area (Å²) < 4.78 is 3.16. The number of nitrogens with zero attached hydrogens (tertiary/aromatic N) is 8. The molecule has 8 rings (SSSR count). The van der Waals surface area contributed by atoms with Gasteiger partial charge in [0.15, 0.2) is 11.5 Å². The maximum atomic E-state index is 13.4. The maximum absolute atomic E-state index is 13.4. The summed E-state index contributed by atoms with van der Waals surface area (Å²) in [6, 6.07) is 19.0. The molecule has 4 N–H and O–H groups in total. The average Bonchev–Trinajstić information content (AvgIpc) is 3.49. The molecule has 0 bridgehead atoms. The molecule has 1 atom stereocenters. The lowest BCUT2D eigenvalue weighted by atomic mass is 9.95. The van der Waals surface area contributed by atoms with Crippen LogP contribution in [0.3, 0.4) is 0 Å². The average molecular weight is 820 g/mol. The Labute approximate surface area is 347 Å². The second-order valence-electron chi connectivity index (χ2n) is 16.1. The minimum atomic E-state index is -1.17. The van der Waals surface area contributed by atoms with Gasteiger partial charge in [0, 0.05) is 75.5 Å². The third-order valence-electron chi connectivity index (χ3n) is 11.4. The van der Waals surface area contributed by atoms with E-state index in [4.69, 9.17) is 16.6 Å². The number of nitrogens with one attached hydrogen (secondary N) is 3. The first-order chi connectivity index (χ1) is 28.4. The number of piperazine rings is 1. The van der Waals surface area contributed by atoms with Crippen LogP contribution in [0.5, 0.6) is 0 Å². The van der Waals surface area contributed by atoms with E-state index >= 15 is 0 Å². The number of imide groups is 1. The smallest absolute Gasteiger partial charge is 0.278 e. The lowest BCUT2D eigenvalue weighted by molar-refractivity contribution is -0.133. The minimum Gasteiger partial charge on any atom is -0.384 e. The highest BCUT2D eigenvalue weighted by Gasteiger charge is 2.28. The number of hydrogen-bond acceptors (Lipinski definition) is 12. The van der Waals surface area contributed by atoms with Gasteiger partial charge in [0.2, 0.25) is 17.8 Å². The van der Waals surface area contributed by atoms with Gasteiger partial charge in [0.1, 0.15) is 17.0 Å². The van der Waals surface area contributed by atoms with Gasteiger partial charge in [-0.2, -0.15) is 4.98 Å². The van der Waals surface area contributed by atoms with Crippen molar-refractivity contribution >= 4 is 63.1 Å². The van der Waals surface area contributed by atoms with E-state index in [0.717, 1.165) is 75.7 Å². The summed E-state index contributed by atoms with van der Waals surface area (Å²) in [5, 5.41) is 20.5. The van der Waals surface area contributed by atoms with Crippen LogP contribution in [0.25, 0.3) is 16.9 Å². The Morgan fingerprint density at radius 1 is 0.932 bits per heavy atom. The number of halogens is 1. The normalized spacial score (nSPS) is 18.3. The third kappa shape index (κ3) is 8.82. The number of rotatable bonds is 12. The molecule has 6 heterocycles. The van der Waals surface area contributed by atoms with E-state index in [2.05, 4.69) is 59.3 Å². The molecule has 1 unspecified atom stereocenters. The molecular formula is C43H50ClN11O4. The number of benzene rings is 2. The molecule has 59 heavy (non-hydrogen) atoms.